The molecule has 16 rings (SSSR count). The van der Waals surface area contributed by atoms with E-state index in [1.807, 2.05) is 107 Å². The van der Waals surface area contributed by atoms with Crippen molar-refractivity contribution in [1.29, 1.82) is 0 Å². The SMILES string of the molecule is CO[C@H]1[C@H]2O[C@H]3[C@H](O)[C@@H](OC)[C@@H](O[C@H]4[C@H](O)[C@@H](OC)[C@@H](O[C@H]5[C@H](O)[C@@H](OC)[C@@H](O[C@H]6[C@H](O)[C@@H](OS(=O)(=O)c7ccc(C)cc7)[C@@H](O[C@H]7[C@H](O)[C@@H](OC)[C@@H](O[C@H]8[C@H](O)[C@@H](OC)[C@@H](O[C@@H]([C@@H]1O)[C@@H](CO[Si](C)(C)C(C)(C)C)O2)O[C@@H]8CO[Si](C)(C)C(C)(C)C)O[C@@H]7CO[Si](C)(C)C(C)(C)C)O[C@@H]6CO[Si](C)(C)C(C)(C)C)O[C@@H]5CO[Si](C)(C)C(C)(C)C)O[C@@H]4CO[Si](C)(C)C(C)(C)C)O[C@@H]3CO[Si](C)(C)C(C)(C)C. The molecule has 142 heavy (non-hydrogen) atoms. The first-order valence-corrected chi connectivity index (χ1v) is 72.2. The van der Waals surface area contributed by atoms with E-state index in [0.717, 1.165) is 0 Å². The quantitative estimate of drug-likeness (QED) is 0.0278. The van der Waals surface area contributed by atoms with Gasteiger partial charge in [-0.2, -0.15) is 8.42 Å². The lowest BCUT2D eigenvalue weighted by molar-refractivity contribution is -0.399. The van der Waals surface area contributed by atoms with Crippen molar-refractivity contribution in [2.75, 3.05) is 88.9 Å². The van der Waals surface area contributed by atoms with Crippen molar-refractivity contribution in [3.8, 4) is 0 Å². The molecule has 7 N–H and O–H groups in total. The Kier molecular flexibility index (Phi) is 41.8. The smallest absolute Gasteiger partial charge is 0.297 e. The van der Waals surface area contributed by atoms with Gasteiger partial charge in [-0.25, -0.2) is 0 Å². The van der Waals surface area contributed by atoms with Crippen molar-refractivity contribution in [3.63, 3.8) is 0 Å². The van der Waals surface area contributed by atoms with Gasteiger partial charge in [-0.15, -0.1) is 0 Å². The molecule has 15 fully saturated rings. The molecule has 0 spiro atoms. The Morgan fingerprint density at radius 2 is 0.373 bits per heavy atom. The number of benzene rings is 1. The van der Waals surface area contributed by atoms with Gasteiger partial charge >= 0.3 is 0 Å². The molecular formula is C97H186O37SSi7. The third-order valence-electron chi connectivity index (χ3n) is 33.4. The third-order valence-corrected chi connectivity index (χ3v) is 66.3. The molecule has 0 radical (unpaired) electrons. The van der Waals surface area contributed by atoms with Crippen LogP contribution < -0.4 is 0 Å². The van der Waals surface area contributed by atoms with E-state index < -0.39 is 308 Å². The second-order valence-corrected chi connectivity index (χ2v) is 85.7. The van der Waals surface area contributed by atoms with Gasteiger partial charge in [0.25, 0.3) is 10.1 Å². The average Bonchev–Trinajstić information content (AvgIpc) is 0.802. The van der Waals surface area contributed by atoms with E-state index in [2.05, 4.69) is 130 Å². The van der Waals surface area contributed by atoms with Crippen LogP contribution in [0.5, 0.6) is 0 Å². The van der Waals surface area contributed by atoms with Crippen LogP contribution in [0.15, 0.2) is 29.2 Å². The molecule has 37 nitrogen and oxygen atoms in total. The summed E-state index contributed by atoms with van der Waals surface area (Å²) in [5.41, 5.74) is 0.713. The van der Waals surface area contributed by atoms with Crippen LogP contribution in [0.2, 0.25) is 127 Å². The first-order chi connectivity index (χ1) is 64.8. The van der Waals surface area contributed by atoms with Crippen LogP contribution in [0.1, 0.15) is 151 Å². The van der Waals surface area contributed by atoms with Crippen molar-refractivity contribution in [3.05, 3.63) is 29.8 Å². The molecule has 1 aromatic carbocycles. The highest BCUT2D eigenvalue weighted by atomic mass is 32.2. The number of aliphatic hydroxyl groups excluding tert-OH is 7. The number of methoxy groups -OCH3 is 6. The summed E-state index contributed by atoms with van der Waals surface area (Å²) in [7, 11) is -16.8. The Bertz CT molecular complexity index is 4130. The molecule has 830 valence electrons. The average molecular weight is 2170 g/mol. The molecule has 15 aliphatic heterocycles. The highest BCUT2D eigenvalue weighted by Crippen LogP contribution is 2.50. The maximum atomic E-state index is 15.4. The second kappa shape index (κ2) is 47.5. The summed E-state index contributed by atoms with van der Waals surface area (Å²) in [4.78, 5) is -0.324. The molecule has 14 bridgehead atoms. The van der Waals surface area contributed by atoms with Gasteiger partial charge in [-0.3, -0.25) is 4.18 Å². The first kappa shape index (κ1) is 125. The van der Waals surface area contributed by atoms with E-state index in [-0.39, 0.29) is 61.2 Å². The first-order valence-electron chi connectivity index (χ1n) is 50.4. The molecule has 0 saturated carbocycles. The second-order valence-electron chi connectivity index (χ2n) is 50.5. The molecular weight excluding hydrogens is 1990 g/mol. The van der Waals surface area contributed by atoms with Crippen molar-refractivity contribution >= 4 is 68.3 Å². The minimum Gasteiger partial charge on any atom is -0.414 e. The topological polar surface area (TPSA) is 434 Å². The van der Waals surface area contributed by atoms with Gasteiger partial charge in [-0.1, -0.05) is 163 Å². The van der Waals surface area contributed by atoms with Crippen LogP contribution in [0.4, 0.5) is 0 Å². The summed E-state index contributed by atoms with van der Waals surface area (Å²) < 4.78 is 225. The van der Waals surface area contributed by atoms with E-state index in [1.165, 1.54) is 54.8 Å². The minimum atomic E-state index is -5.01. The van der Waals surface area contributed by atoms with Crippen LogP contribution >= 0.6 is 0 Å². The van der Waals surface area contributed by atoms with Crippen molar-refractivity contribution in [2.24, 2.45) is 0 Å². The van der Waals surface area contributed by atoms with Gasteiger partial charge < -0.3 is 161 Å². The van der Waals surface area contributed by atoms with Gasteiger partial charge in [0.15, 0.2) is 108 Å². The molecule has 0 aromatic heterocycles. The van der Waals surface area contributed by atoms with E-state index in [1.54, 1.807) is 19.1 Å². The molecule has 35 atom stereocenters. The third kappa shape index (κ3) is 28.6. The van der Waals surface area contributed by atoms with Gasteiger partial charge in [0.1, 0.15) is 165 Å². The van der Waals surface area contributed by atoms with Crippen molar-refractivity contribution in [2.45, 2.75) is 499 Å². The number of aliphatic hydroxyl groups is 7. The molecule has 45 heteroatoms. The number of hydrogen-bond acceptors (Lipinski definition) is 37. The zero-order valence-corrected chi connectivity index (χ0v) is 101. The summed E-state index contributed by atoms with van der Waals surface area (Å²) in [6.45, 7) is 71.5. The Morgan fingerprint density at radius 3 is 0.507 bits per heavy atom. The maximum absolute atomic E-state index is 15.4. The zero-order chi connectivity index (χ0) is 107. The number of hydrogen-bond donors (Lipinski definition) is 7. The summed E-state index contributed by atoms with van der Waals surface area (Å²) in [5.74, 6) is 0. The van der Waals surface area contributed by atoms with Gasteiger partial charge in [0, 0.05) is 42.7 Å². The summed E-state index contributed by atoms with van der Waals surface area (Å²) in [6, 6.07) is 5.84. The Morgan fingerprint density at radius 1 is 0.239 bits per heavy atom. The Hall–Kier alpha value is -0.712. The summed E-state index contributed by atoms with van der Waals surface area (Å²) in [6.07, 6.45) is -56.8. The number of rotatable bonds is 30. The fourth-order valence-electron chi connectivity index (χ4n) is 16.3. The van der Waals surface area contributed by atoms with E-state index >= 15 is 8.42 Å². The number of ether oxygens (including phenoxy) is 20. The normalized spacial score (nSPS) is 37.4. The van der Waals surface area contributed by atoms with E-state index in [4.69, 9.17) is 130 Å². The monoisotopic (exact) mass is 2170 g/mol. The fourth-order valence-corrected chi connectivity index (χ4v) is 24.5. The predicted molar refractivity (Wildman–Crippen MR) is 547 cm³/mol. The van der Waals surface area contributed by atoms with Crippen LogP contribution in [0, 0.1) is 6.92 Å². The van der Waals surface area contributed by atoms with Crippen LogP contribution in [-0.4, -0.2) is 406 Å². The standard InChI is InChI=1S/C97H186O37SSi7/c1-54-43-45-55(46-44-54)135(105,106)134-83-69(104)76-62(53-119-142(41,42)97(20,21)22)126-90(83)133-75-61(52-118-141(39,40)96(17,18)19)125-88(82(112-28)68(75)103)131-73-59(50-116-139(35,36)94(11,12)13)123-86(80(110-26)66(73)101)129-71-57(48-114-137(31,32)92(5,6)7)121-84(78(108-24)64(71)99)127-70-56(47-113-136(29,30)91(2,3)4)120-85(77(107-23)63(70)98)128-72-58(49-115-138(33,34)93(8,9)10)122-87(79(109-25)65(72)100)130-74-60(51-117-140(37,38)95(14,15)16)124-89(132-76)81(111-27)67(74)102/h43-46,56-90,98-104H,47-53H2,1-42H3/t56-,57-,58-,59-,60-,61-,62-,63+,64+,65+,66+,67+,68+,69+,70-,71-,72-,73-,74-,75-,76-,77-,78-,79-,80-,81-,82-,83-,84-,85-,86-,87-,88-,89-,90-/m1/s1. The largest absolute Gasteiger partial charge is 0.414 e. The highest BCUT2D eigenvalue weighted by molar-refractivity contribution is 7.86. The van der Waals surface area contributed by atoms with Gasteiger partial charge in [-0.05, 0) is 146 Å². The molecule has 0 unspecified atom stereocenters. The predicted octanol–water partition coefficient (Wildman–Crippen LogP) is 11.6. The van der Waals surface area contributed by atoms with Gasteiger partial charge in [0.05, 0.1) is 51.1 Å². The van der Waals surface area contributed by atoms with E-state index in [0.29, 0.717) is 5.56 Å². The van der Waals surface area contributed by atoms with Crippen molar-refractivity contribution < 1.29 is 174 Å². The molecule has 15 heterocycles. The van der Waals surface area contributed by atoms with Gasteiger partial charge in [0.2, 0.25) is 0 Å². The Balaban J connectivity index is 1.31. The molecule has 15 aliphatic rings. The Labute approximate surface area is 855 Å². The van der Waals surface area contributed by atoms with Crippen molar-refractivity contribution in [1.82, 2.24) is 0 Å². The zero-order valence-electron chi connectivity index (χ0n) is 93.3. The van der Waals surface area contributed by atoms with Crippen LogP contribution in [0.3, 0.4) is 0 Å². The summed E-state index contributed by atoms with van der Waals surface area (Å²) >= 11 is 0. The lowest BCUT2D eigenvalue weighted by Gasteiger charge is -2.52. The molecule has 0 aliphatic carbocycles. The minimum absolute atomic E-state index is 0.231. The van der Waals surface area contributed by atoms with Crippen LogP contribution in [-0.2, 0) is 140 Å². The lowest BCUT2D eigenvalue weighted by atomic mass is 9.95. The fraction of sp³-hybridized carbons (Fsp3) is 0.938. The number of fused-ring (bicyclic) bond motifs is 7. The summed E-state index contributed by atoms with van der Waals surface area (Å²) in [5, 5.41) is 92.2. The molecule has 15 saturated heterocycles. The maximum Gasteiger partial charge on any atom is 0.297 e. The van der Waals surface area contributed by atoms with E-state index in [9.17, 15) is 35.7 Å². The number of aryl methyl sites for hydroxylation is 1. The van der Waals surface area contributed by atoms with Crippen LogP contribution in [0.25, 0.3) is 0 Å². The lowest BCUT2D eigenvalue weighted by Crippen LogP contribution is -2.69. The molecule has 1 aromatic rings. The molecule has 0 amide bonds. The highest BCUT2D eigenvalue weighted by Gasteiger charge is 2.64.